The fourth-order valence-corrected chi connectivity index (χ4v) is 3.35. The molecule has 0 aliphatic carbocycles. The normalized spacial score (nSPS) is 11.7. The second-order valence-corrected chi connectivity index (χ2v) is 7.01. The van der Waals surface area contributed by atoms with Crippen LogP contribution < -0.4 is 4.74 Å². The lowest BCUT2D eigenvalue weighted by Gasteiger charge is -2.11. The van der Waals surface area contributed by atoms with Gasteiger partial charge in [-0.2, -0.15) is 13.2 Å². The maximum Gasteiger partial charge on any atom is 0.422 e. The number of halogens is 4. The smallest absolute Gasteiger partial charge is 0.422 e. The first-order valence-electron chi connectivity index (χ1n) is 9.31. The van der Waals surface area contributed by atoms with Crippen molar-refractivity contribution in [1.29, 1.82) is 0 Å². The number of pyridine rings is 1. The first-order valence-corrected chi connectivity index (χ1v) is 9.69. The first kappa shape index (κ1) is 22.0. The fourth-order valence-electron chi connectivity index (χ4n) is 3.23. The SMILES string of the molecule is CCOC(=O)c1c(OCC(F)(F)F)c2cc(-c3ccc(Cl)cc3)c(CC)nc2n1C. The molecule has 5 nitrogen and oxygen atoms in total. The molecule has 160 valence electrons. The van der Waals surface area contributed by atoms with Crippen molar-refractivity contribution in [2.24, 2.45) is 7.05 Å². The molecule has 0 saturated heterocycles. The van der Waals surface area contributed by atoms with Crippen molar-refractivity contribution < 1.29 is 27.4 Å². The Hall–Kier alpha value is -2.74. The highest BCUT2D eigenvalue weighted by Gasteiger charge is 2.32. The Labute approximate surface area is 176 Å². The van der Waals surface area contributed by atoms with Crippen LogP contribution in [-0.2, 0) is 18.2 Å². The topological polar surface area (TPSA) is 53.4 Å². The molecular formula is C21H20ClF3N2O3. The van der Waals surface area contributed by atoms with Gasteiger partial charge in [0.25, 0.3) is 0 Å². The summed E-state index contributed by atoms with van der Waals surface area (Å²) >= 11 is 5.97. The maximum atomic E-state index is 12.9. The van der Waals surface area contributed by atoms with E-state index in [4.69, 9.17) is 21.1 Å². The van der Waals surface area contributed by atoms with Gasteiger partial charge in [0.15, 0.2) is 18.1 Å². The number of carbonyl (C=O) groups is 1. The number of esters is 1. The van der Waals surface area contributed by atoms with Gasteiger partial charge in [0.05, 0.1) is 17.7 Å². The minimum Gasteiger partial charge on any atom is -0.481 e. The minimum atomic E-state index is -4.57. The zero-order valence-electron chi connectivity index (χ0n) is 16.6. The van der Waals surface area contributed by atoms with E-state index in [1.165, 1.54) is 4.57 Å². The van der Waals surface area contributed by atoms with Crippen LogP contribution >= 0.6 is 11.6 Å². The quantitative estimate of drug-likeness (QED) is 0.470. The lowest BCUT2D eigenvalue weighted by molar-refractivity contribution is -0.153. The highest BCUT2D eigenvalue weighted by molar-refractivity contribution is 6.30. The monoisotopic (exact) mass is 440 g/mol. The molecule has 2 aromatic heterocycles. The van der Waals surface area contributed by atoms with Gasteiger partial charge in [-0.05, 0) is 37.1 Å². The summed E-state index contributed by atoms with van der Waals surface area (Å²) in [6.07, 6.45) is -3.99. The number of rotatable bonds is 6. The number of aryl methyl sites for hydroxylation is 2. The number of nitrogens with zero attached hydrogens (tertiary/aromatic N) is 2. The largest absolute Gasteiger partial charge is 0.481 e. The van der Waals surface area contributed by atoms with Gasteiger partial charge < -0.3 is 14.0 Å². The molecule has 0 saturated carbocycles. The number of hydrogen-bond acceptors (Lipinski definition) is 4. The van der Waals surface area contributed by atoms with Gasteiger partial charge in [-0.1, -0.05) is 30.7 Å². The van der Waals surface area contributed by atoms with E-state index in [-0.39, 0.29) is 18.1 Å². The average molecular weight is 441 g/mol. The van der Waals surface area contributed by atoms with Crippen LogP contribution in [-0.4, -0.2) is 34.9 Å². The molecule has 0 amide bonds. The van der Waals surface area contributed by atoms with E-state index in [1.807, 2.05) is 6.92 Å². The van der Waals surface area contributed by atoms with Crippen LogP contribution in [0.5, 0.6) is 5.75 Å². The Bertz CT molecular complexity index is 1080. The van der Waals surface area contributed by atoms with Crippen LogP contribution in [0.3, 0.4) is 0 Å². The van der Waals surface area contributed by atoms with Gasteiger partial charge in [0.1, 0.15) is 5.65 Å². The van der Waals surface area contributed by atoms with Crippen LogP contribution in [0.15, 0.2) is 30.3 Å². The summed E-state index contributed by atoms with van der Waals surface area (Å²) in [5.41, 5.74) is 2.47. The van der Waals surface area contributed by atoms with Crippen LogP contribution in [0.2, 0.25) is 5.02 Å². The molecule has 0 aliphatic heterocycles. The zero-order valence-corrected chi connectivity index (χ0v) is 17.4. The summed E-state index contributed by atoms with van der Waals surface area (Å²) in [7, 11) is 1.55. The van der Waals surface area contributed by atoms with Crippen LogP contribution in [0, 0.1) is 0 Å². The highest BCUT2D eigenvalue weighted by atomic mass is 35.5. The van der Waals surface area contributed by atoms with Gasteiger partial charge in [-0.25, -0.2) is 9.78 Å². The predicted octanol–water partition coefficient (Wildman–Crippen LogP) is 5.57. The van der Waals surface area contributed by atoms with E-state index in [2.05, 4.69) is 4.98 Å². The Kier molecular flexibility index (Phi) is 6.26. The molecule has 0 unspecified atom stereocenters. The summed E-state index contributed by atoms with van der Waals surface area (Å²) in [5, 5.41) is 0.858. The van der Waals surface area contributed by atoms with E-state index in [0.717, 1.165) is 16.8 Å². The van der Waals surface area contributed by atoms with E-state index in [1.54, 1.807) is 44.3 Å². The number of hydrogen-bond donors (Lipinski definition) is 0. The number of ether oxygens (including phenoxy) is 2. The van der Waals surface area contributed by atoms with E-state index in [9.17, 15) is 18.0 Å². The predicted molar refractivity (Wildman–Crippen MR) is 108 cm³/mol. The van der Waals surface area contributed by atoms with E-state index in [0.29, 0.717) is 22.5 Å². The van der Waals surface area contributed by atoms with Gasteiger partial charge >= 0.3 is 12.1 Å². The second-order valence-electron chi connectivity index (χ2n) is 6.58. The van der Waals surface area contributed by atoms with E-state index < -0.39 is 18.8 Å². The Morgan fingerprint density at radius 3 is 2.43 bits per heavy atom. The van der Waals surface area contributed by atoms with Gasteiger partial charge in [-0.15, -0.1) is 0 Å². The lowest BCUT2D eigenvalue weighted by atomic mass is 10.0. The summed E-state index contributed by atoms with van der Waals surface area (Å²) in [4.78, 5) is 17.1. The van der Waals surface area contributed by atoms with Crippen molar-refractivity contribution in [2.45, 2.75) is 26.4 Å². The van der Waals surface area contributed by atoms with Gasteiger partial charge in [-0.3, -0.25) is 0 Å². The third-order valence-corrected chi connectivity index (χ3v) is 4.79. The fraction of sp³-hybridized carbons (Fsp3) is 0.333. The zero-order chi connectivity index (χ0) is 22.1. The van der Waals surface area contributed by atoms with Crippen molar-refractivity contribution >= 4 is 28.6 Å². The molecule has 9 heteroatoms. The molecule has 3 rings (SSSR count). The molecule has 0 radical (unpaired) electrons. The Morgan fingerprint density at radius 1 is 1.20 bits per heavy atom. The summed E-state index contributed by atoms with van der Waals surface area (Å²) in [5.74, 6) is -0.977. The van der Waals surface area contributed by atoms with Crippen molar-refractivity contribution in [3.8, 4) is 16.9 Å². The molecule has 0 spiro atoms. The summed E-state index contributed by atoms with van der Waals surface area (Å²) in [6, 6.07) is 8.73. The van der Waals surface area contributed by atoms with Crippen LogP contribution in [0.4, 0.5) is 13.2 Å². The van der Waals surface area contributed by atoms with Crippen molar-refractivity contribution in [3.63, 3.8) is 0 Å². The Balaban J connectivity index is 2.26. The number of carbonyl (C=O) groups excluding carboxylic acids is 1. The van der Waals surface area contributed by atoms with Crippen molar-refractivity contribution in [1.82, 2.24) is 9.55 Å². The average Bonchev–Trinajstić information content (AvgIpc) is 2.97. The van der Waals surface area contributed by atoms with Crippen LogP contribution in [0.1, 0.15) is 30.0 Å². The summed E-state index contributed by atoms with van der Waals surface area (Å²) in [6.45, 7) is 2.07. The second kappa shape index (κ2) is 8.55. The third-order valence-electron chi connectivity index (χ3n) is 4.53. The molecule has 0 N–H and O–H groups in total. The maximum absolute atomic E-state index is 12.9. The lowest BCUT2D eigenvalue weighted by Crippen LogP contribution is -2.20. The molecule has 0 aliphatic rings. The molecule has 0 fully saturated rings. The van der Waals surface area contributed by atoms with Gasteiger partial charge in [0.2, 0.25) is 0 Å². The molecular weight excluding hydrogens is 421 g/mol. The molecule has 3 aromatic rings. The summed E-state index contributed by atoms with van der Waals surface area (Å²) < 4.78 is 50.1. The number of benzene rings is 1. The van der Waals surface area contributed by atoms with Crippen molar-refractivity contribution in [2.75, 3.05) is 13.2 Å². The molecule has 30 heavy (non-hydrogen) atoms. The van der Waals surface area contributed by atoms with Gasteiger partial charge in [0, 0.05) is 17.6 Å². The molecule has 0 bridgehead atoms. The van der Waals surface area contributed by atoms with Crippen LogP contribution in [0.25, 0.3) is 22.2 Å². The minimum absolute atomic E-state index is 0.0722. The number of alkyl halides is 3. The Morgan fingerprint density at radius 2 is 1.87 bits per heavy atom. The highest BCUT2D eigenvalue weighted by Crippen LogP contribution is 2.37. The van der Waals surface area contributed by atoms with Crippen molar-refractivity contribution in [3.05, 3.63) is 46.7 Å². The number of fused-ring (bicyclic) bond motifs is 1. The first-order chi connectivity index (χ1) is 14.2. The molecule has 2 heterocycles. The standard InChI is InChI=1S/C21H20ClF3N2O3/c1-4-16-14(12-6-8-13(22)9-7-12)10-15-18(30-11-21(23,24)25)17(20(28)29-5-2)27(3)19(15)26-16/h6-10H,4-5,11H2,1-3H3. The molecule has 0 atom stereocenters. The molecule has 1 aromatic carbocycles. The van der Waals surface area contributed by atoms with E-state index >= 15 is 0 Å². The number of aromatic nitrogens is 2. The third kappa shape index (κ3) is 4.38.